The predicted molar refractivity (Wildman–Crippen MR) is 219 cm³/mol. The van der Waals surface area contributed by atoms with Gasteiger partial charge in [-0.25, -0.2) is 19.6 Å². The maximum Gasteiger partial charge on any atom is 0.407 e. The molecule has 0 spiro atoms. The summed E-state index contributed by atoms with van der Waals surface area (Å²) < 4.78 is 16.1. The summed E-state index contributed by atoms with van der Waals surface area (Å²) in [5, 5.41) is 5.49. The third-order valence-corrected chi connectivity index (χ3v) is 12.8. The van der Waals surface area contributed by atoms with Gasteiger partial charge in [0.1, 0.15) is 35.2 Å². The molecule has 2 saturated heterocycles. The first-order valence-corrected chi connectivity index (χ1v) is 21.1. The Hall–Kier alpha value is -5.51. The summed E-state index contributed by atoms with van der Waals surface area (Å²) >= 11 is 1.65. The van der Waals surface area contributed by atoms with E-state index in [-0.39, 0.29) is 35.7 Å². The van der Waals surface area contributed by atoms with Crippen LogP contribution >= 0.6 is 11.8 Å². The number of carbonyl (C=O) groups is 4. The molecule has 0 aliphatic carbocycles. The van der Waals surface area contributed by atoms with E-state index in [2.05, 4.69) is 32.7 Å². The van der Waals surface area contributed by atoms with E-state index >= 15 is 0 Å². The molecule has 7 rings (SSSR count). The highest BCUT2D eigenvalue weighted by atomic mass is 32.2. The van der Waals surface area contributed by atoms with E-state index in [0.717, 1.165) is 70.8 Å². The number of benzene rings is 2. The number of carbonyl (C=O) groups excluding carboxylic acids is 4. The average Bonchev–Trinajstić information content (AvgIpc) is 4.09. The van der Waals surface area contributed by atoms with Crippen molar-refractivity contribution < 1.29 is 33.4 Å². The second kappa shape index (κ2) is 17.5. The van der Waals surface area contributed by atoms with Crippen molar-refractivity contribution in [1.82, 2.24) is 40.4 Å². The number of hydrogen-bond acceptors (Lipinski definition) is 10. The summed E-state index contributed by atoms with van der Waals surface area (Å²) in [6.07, 6.45) is 6.07. The van der Waals surface area contributed by atoms with Crippen LogP contribution < -0.4 is 15.4 Å². The minimum atomic E-state index is -0.698. The quantitative estimate of drug-likeness (QED) is 0.103. The number of thioether (sulfide) groups is 1. The summed E-state index contributed by atoms with van der Waals surface area (Å²) in [6.45, 7) is 8.47. The van der Waals surface area contributed by atoms with Gasteiger partial charge in [-0.15, -0.1) is 11.8 Å². The van der Waals surface area contributed by atoms with Gasteiger partial charge in [0, 0.05) is 29.8 Å². The van der Waals surface area contributed by atoms with Crippen LogP contribution in [0.15, 0.2) is 48.8 Å². The topological polar surface area (TPSA) is 184 Å². The van der Waals surface area contributed by atoms with Gasteiger partial charge in [0.25, 0.3) is 0 Å². The second-order valence-corrected chi connectivity index (χ2v) is 16.3. The predicted octanol–water partition coefficient (Wildman–Crippen LogP) is 6.94. The van der Waals surface area contributed by atoms with Crippen molar-refractivity contribution in [3.05, 3.63) is 71.6 Å². The zero-order chi connectivity index (χ0) is 41.1. The number of likely N-dealkylation sites (tertiary alicyclic amines) is 1. The van der Waals surface area contributed by atoms with Gasteiger partial charge in [-0.3, -0.25) is 9.59 Å². The van der Waals surface area contributed by atoms with Gasteiger partial charge in [-0.2, -0.15) is 0 Å². The Labute approximate surface area is 342 Å². The van der Waals surface area contributed by atoms with Gasteiger partial charge in [0.2, 0.25) is 11.8 Å². The van der Waals surface area contributed by atoms with Gasteiger partial charge in [-0.05, 0) is 60.1 Å². The highest BCUT2D eigenvalue weighted by Crippen LogP contribution is 2.41. The number of imidazole rings is 2. The molecule has 3 aliphatic rings. The zero-order valence-corrected chi connectivity index (χ0v) is 34.6. The lowest BCUT2D eigenvalue weighted by molar-refractivity contribution is -0.136. The minimum Gasteiger partial charge on any atom is -0.457 e. The highest BCUT2D eigenvalue weighted by Gasteiger charge is 2.40. The first-order valence-electron chi connectivity index (χ1n) is 19.9. The largest absolute Gasteiger partial charge is 0.457 e. The van der Waals surface area contributed by atoms with Crippen LogP contribution in [0.1, 0.15) is 88.2 Å². The summed E-state index contributed by atoms with van der Waals surface area (Å²) in [4.78, 5) is 71.7. The van der Waals surface area contributed by atoms with Crippen LogP contribution in [0.3, 0.4) is 0 Å². The van der Waals surface area contributed by atoms with Crippen molar-refractivity contribution in [2.24, 2.45) is 11.8 Å². The fourth-order valence-electron chi connectivity index (χ4n) is 7.87. The minimum absolute atomic E-state index is 0.0657. The van der Waals surface area contributed by atoms with Crippen molar-refractivity contribution in [3.63, 3.8) is 0 Å². The Morgan fingerprint density at radius 2 is 1.40 bits per heavy atom. The van der Waals surface area contributed by atoms with E-state index < -0.39 is 24.3 Å². The third-order valence-electron chi connectivity index (χ3n) is 11.7. The van der Waals surface area contributed by atoms with Gasteiger partial charge >= 0.3 is 12.2 Å². The third kappa shape index (κ3) is 8.24. The molecule has 0 unspecified atom stereocenters. The highest BCUT2D eigenvalue weighted by molar-refractivity contribution is 7.99. The summed E-state index contributed by atoms with van der Waals surface area (Å²) in [7, 11) is 2.59. The van der Waals surface area contributed by atoms with Crippen LogP contribution in [-0.2, 0) is 25.5 Å². The standard InChI is InChI=1S/C42H52N8O7S/c1-7-23(3)35(47-41(53)55-5)39(51)49-15-9-10-31(49)37-43-20-30(45-37)26-11-12-27-17-28-16-25(13-14-33(28)57-34(27)18-26)29-19-44-38(46-29)32-21-58-22-50(32)40(52)36(24(4)8-2)48-42(54)56-6/h11-14,16,18-20,23-24,31-32,35-36H,7-10,15,17,21-22H2,1-6H3,(H,43,45)(H,44,46)(H,47,53)(H,48,54)/t23-,24-,31-,32-,35-,36-/m0/s1. The number of hydrogen-bond donors (Lipinski definition) is 4. The van der Waals surface area contributed by atoms with Gasteiger partial charge in [-0.1, -0.05) is 52.7 Å². The van der Waals surface area contributed by atoms with Gasteiger partial charge < -0.3 is 44.6 Å². The Bertz CT molecular complexity index is 2000. The average molecular weight is 813 g/mol. The van der Waals surface area contributed by atoms with Crippen LogP contribution in [0.5, 0.6) is 11.5 Å². The number of alkyl carbamates (subject to hydrolysis) is 2. The fraction of sp³-hybridized carbons (Fsp3) is 0.476. The molecule has 0 bridgehead atoms. The van der Waals surface area contributed by atoms with Crippen LogP contribution in [0.4, 0.5) is 9.59 Å². The molecule has 16 heteroatoms. The second-order valence-electron chi connectivity index (χ2n) is 15.3. The molecule has 15 nitrogen and oxygen atoms in total. The van der Waals surface area contributed by atoms with E-state index in [1.54, 1.807) is 29.1 Å². The van der Waals surface area contributed by atoms with Crippen LogP contribution in [0.2, 0.25) is 0 Å². The Morgan fingerprint density at radius 3 is 2.02 bits per heavy atom. The molecule has 0 saturated carbocycles. The molecule has 58 heavy (non-hydrogen) atoms. The van der Waals surface area contributed by atoms with Gasteiger partial charge in [0.05, 0.1) is 56.0 Å². The summed E-state index contributed by atoms with van der Waals surface area (Å²) in [5.74, 6) is 3.71. The molecular weight excluding hydrogens is 761 g/mol. The number of rotatable bonds is 12. The molecule has 308 valence electrons. The van der Waals surface area contributed by atoms with Crippen molar-refractivity contribution in [3.8, 4) is 34.0 Å². The lowest BCUT2D eigenvalue weighted by Gasteiger charge is -2.30. The molecule has 6 atom stereocenters. The Morgan fingerprint density at radius 1 is 0.810 bits per heavy atom. The van der Waals surface area contributed by atoms with Crippen molar-refractivity contribution in [1.29, 1.82) is 0 Å². The number of nitrogens with zero attached hydrogens (tertiary/aromatic N) is 4. The summed E-state index contributed by atoms with van der Waals surface area (Å²) in [6, 6.07) is 10.3. The number of aromatic amines is 2. The van der Waals surface area contributed by atoms with Crippen LogP contribution in [-0.4, -0.2) is 98.2 Å². The first-order chi connectivity index (χ1) is 28.0. The number of aromatic nitrogens is 4. The number of nitrogens with one attached hydrogen (secondary N) is 4. The molecule has 2 aromatic heterocycles. The monoisotopic (exact) mass is 812 g/mol. The maximum absolute atomic E-state index is 13.8. The Kier molecular flexibility index (Phi) is 12.3. The number of fused-ring (bicyclic) bond motifs is 2. The van der Waals surface area contributed by atoms with E-state index in [1.807, 2.05) is 56.9 Å². The molecule has 2 fully saturated rings. The number of amides is 4. The molecule has 5 heterocycles. The van der Waals surface area contributed by atoms with Crippen LogP contribution in [0.25, 0.3) is 22.5 Å². The lowest BCUT2D eigenvalue weighted by atomic mass is 9.96. The van der Waals surface area contributed by atoms with Crippen molar-refractivity contribution in [2.75, 3.05) is 32.4 Å². The van der Waals surface area contributed by atoms with Crippen molar-refractivity contribution >= 4 is 35.8 Å². The molecular formula is C42H52N8O7S. The molecule has 4 amide bonds. The molecule has 3 aliphatic heterocycles. The SMILES string of the molecule is CC[C@H](C)[C@H](NC(=O)OC)C(=O)N1CCC[C@H]1c1ncc(-c2ccc3c(c2)Oc2ccc(-c4cnc([C@@H]5CSCN5C(=O)[C@@H](NC(=O)OC)[C@@H](C)CC)[nH]4)cc2C3)[nH]1. The first kappa shape index (κ1) is 40.7. The van der Waals surface area contributed by atoms with E-state index in [0.29, 0.717) is 36.2 Å². The normalized spacial score (nSPS) is 19.3. The van der Waals surface area contributed by atoms with Gasteiger partial charge in [0.15, 0.2) is 0 Å². The smallest absolute Gasteiger partial charge is 0.407 e. The van der Waals surface area contributed by atoms with E-state index in [1.165, 1.54) is 14.2 Å². The fourth-order valence-corrected chi connectivity index (χ4v) is 9.04. The number of ether oxygens (including phenoxy) is 3. The van der Waals surface area contributed by atoms with E-state index in [4.69, 9.17) is 24.2 Å². The van der Waals surface area contributed by atoms with E-state index in [9.17, 15) is 19.2 Å². The maximum atomic E-state index is 13.8. The lowest BCUT2D eigenvalue weighted by Crippen LogP contribution is -2.51. The molecule has 2 aromatic carbocycles. The van der Waals surface area contributed by atoms with Crippen molar-refractivity contribution in [2.45, 2.75) is 84.0 Å². The number of methoxy groups -OCH3 is 2. The zero-order valence-electron chi connectivity index (χ0n) is 33.8. The van der Waals surface area contributed by atoms with Crippen LogP contribution in [0, 0.1) is 11.8 Å². The number of H-pyrrole nitrogens is 2. The Balaban J connectivity index is 1.03. The summed E-state index contributed by atoms with van der Waals surface area (Å²) in [5.41, 5.74) is 5.61. The molecule has 4 N–H and O–H groups in total. The molecule has 0 radical (unpaired) electrons. The molecule has 4 aromatic rings.